The first-order valence-corrected chi connectivity index (χ1v) is 15.2. The molecule has 2 aliphatic rings. The van der Waals surface area contributed by atoms with Gasteiger partial charge in [0.25, 0.3) is 0 Å². The van der Waals surface area contributed by atoms with Crippen molar-refractivity contribution in [3.8, 4) is 5.75 Å². The molecule has 0 spiro atoms. The van der Waals surface area contributed by atoms with E-state index in [0.29, 0.717) is 44.3 Å². The molecule has 3 rings (SSSR count). The van der Waals surface area contributed by atoms with Crippen molar-refractivity contribution in [2.75, 3.05) is 19.6 Å². The van der Waals surface area contributed by atoms with Crippen LogP contribution in [0.5, 0.6) is 5.75 Å². The predicted octanol–water partition coefficient (Wildman–Crippen LogP) is 0.00170. The molecule has 43 heavy (non-hydrogen) atoms. The first kappa shape index (κ1) is 33.8. The highest BCUT2D eigenvalue weighted by Crippen LogP contribution is 2.21. The summed E-state index contributed by atoms with van der Waals surface area (Å²) in [4.78, 5) is 66.8. The predicted molar refractivity (Wildman–Crippen MR) is 159 cm³/mol. The van der Waals surface area contributed by atoms with Gasteiger partial charge in [0.15, 0.2) is 0 Å². The van der Waals surface area contributed by atoms with Gasteiger partial charge in [-0.2, -0.15) is 0 Å². The number of aromatic hydroxyl groups is 1. The third-order valence-electron chi connectivity index (χ3n) is 8.01. The monoisotopic (exact) mass is 602 g/mol. The van der Waals surface area contributed by atoms with Crippen LogP contribution in [0, 0.1) is 5.92 Å². The maximum Gasteiger partial charge on any atom is 0.326 e. The maximum atomic E-state index is 13.6. The van der Waals surface area contributed by atoms with Gasteiger partial charge in [0.1, 0.15) is 29.9 Å². The largest absolute Gasteiger partial charge is 0.508 e. The zero-order chi connectivity index (χ0) is 31.5. The van der Waals surface area contributed by atoms with Crippen LogP contribution in [0.4, 0.5) is 0 Å². The van der Waals surface area contributed by atoms with Crippen LogP contribution >= 0.6 is 0 Å². The molecule has 0 aliphatic carbocycles. The Labute approximate surface area is 252 Å². The number of unbranched alkanes of at least 4 members (excludes halogenated alkanes) is 1. The number of carboxylic acid groups (broad SMARTS) is 1. The molecule has 2 fully saturated rings. The summed E-state index contributed by atoms with van der Waals surface area (Å²) in [6, 6.07) is 1.77. The minimum atomic E-state index is -1.20. The average molecular weight is 603 g/mol. The summed E-state index contributed by atoms with van der Waals surface area (Å²) in [5, 5.41) is 30.5. The number of nitrogens with zero attached hydrogens (tertiary/aromatic N) is 1. The summed E-state index contributed by atoms with van der Waals surface area (Å²) in [5.41, 5.74) is 6.14. The molecule has 0 saturated carbocycles. The molecule has 0 radical (unpaired) electrons. The molecule has 0 aromatic heterocycles. The summed E-state index contributed by atoms with van der Waals surface area (Å²) < 4.78 is 0. The van der Waals surface area contributed by atoms with Crippen molar-refractivity contribution in [3.05, 3.63) is 29.8 Å². The minimum absolute atomic E-state index is 0.0189. The highest BCUT2D eigenvalue weighted by atomic mass is 16.4. The van der Waals surface area contributed by atoms with Crippen molar-refractivity contribution < 1.29 is 34.2 Å². The van der Waals surface area contributed by atoms with Crippen molar-refractivity contribution in [2.45, 2.75) is 95.4 Å². The fraction of sp³-hybridized carbons (Fsp3) is 0.633. The second-order valence-electron chi connectivity index (χ2n) is 11.7. The van der Waals surface area contributed by atoms with Gasteiger partial charge in [-0.25, -0.2) is 4.79 Å². The Morgan fingerprint density at radius 2 is 1.67 bits per heavy atom. The molecule has 0 bridgehead atoms. The molecule has 2 aliphatic heterocycles. The SMILES string of the molecule is CC(C)[C@H](NC(=O)[C@@H]1CCCN1C(=O)[C@@H]1CCCN1)C(=O)N[C@@H](Cc1ccc(O)cc1)C(=O)N[C@@H](CCCCN)C(=O)O. The van der Waals surface area contributed by atoms with Gasteiger partial charge in [0.05, 0.1) is 6.04 Å². The van der Waals surface area contributed by atoms with Gasteiger partial charge >= 0.3 is 5.97 Å². The van der Waals surface area contributed by atoms with Gasteiger partial charge in [-0.05, 0) is 81.6 Å². The average Bonchev–Trinajstić information content (AvgIpc) is 3.68. The van der Waals surface area contributed by atoms with E-state index in [0.717, 1.165) is 19.4 Å². The second-order valence-corrected chi connectivity index (χ2v) is 11.7. The number of hydrogen-bond donors (Lipinski definition) is 7. The number of nitrogens with one attached hydrogen (secondary N) is 4. The Bertz CT molecular complexity index is 1120. The van der Waals surface area contributed by atoms with Crippen LogP contribution in [-0.2, 0) is 30.4 Å². The molecule has 2 saturated heterocycles. The topological polar surface area (TPSA) is 203 Å². The lowest BCUT2D eigenvalue weighted by molar-refractivity contribution is -0.142. The highest BCUT2D eigenvalue weighted by Gasteiger charge is 2.40. The summed E-state index contributed by atoms with van der Waals surface area (Å²) in [7, 11) is 0. The van der Waals surface area contributed by atoms with Crippen molar-refractivity contribution in [2.24, 2.45) is 11.7 Å². The molecule has 13 heteroatoms. The van der Waals surface area contributed by atoms with Crippen LogP contribution in [0.15, 0.2) is 24.3 Å². The number of aliphatic carboxylic acids is 1. The van der Waals surface area contributed by atoms with Crippen LogP contribution < -0.4 is 27.0 Å². The molecule has 8 N–H and O–H groups in total. The zero-order valence-corrected chi connectivity index (χ0v) is 25.0. The van der Waals surface area contributed by atoms with Crippen LogP contribution in [0.1, 0.15) is 64.4 Å². The van der Waals surface area contributed by atoms with E-state index in [1.54, 1.807) is 30.9 Å². The van der Waals surface area contributed by atoms with Crippen molar-refractivity contribution in [3.63, 3.8) is 0 Å². The zero-order valence-electron chi connectivity index (χ0n) is 25.0. The summed E-state index contributed by atoms with van der Waals surface area (Å²) in [6.45, 7) is 5.15. The third kappa shape index (κ3) is 9.65. The van der Waals surface area contributed by atoms with Gasteiger partial charge < -0.3 is 42.1 Å². The quantitative estimate of drug-likeness (QED) is 0.135. The highest BCUT2D eigenvalue weighted by molar-refractivity contribution is 5.96. The van der Waals surface area contributed by atoms with Crippen molar-refractivity contribution in [1.82, 2.24) is 26.2 Å². The molecule has 0 unspecified atom stereocenters. The number of hydrogen-bond acceptors (Lipinski definition) is 8. The smallest absolute Gasteiger partial charge is 0.326 e. The fourth-order valence-electron chi connectivity index (χ4n) is 5.54. The van der Waals surface area contributed by atoms with Gasteiger partial charge in [-0.1, -0.05) is 26.0 Å². The second kappa shape index (κ2) is 16.2. The van der Waals surface area contributed by atoms with Crippen LogP contribution in [0.3, 0.4) is 0 Å². The normalized spacial score (nSPS) is 20.3. The van der Waals surface area contributed by atoms with E-state index < -0.39 is 47.9 Å². The van der Waals surface area contributed by atoms with E-state index in [2.05, 4.69) is 21.3 Å². The van der Waals surface area contributed by atoms with Gasteiger partial charge in [0, 0.05) is 13.0 Å². The van der Waals surface area contributed by atoms with Gasteiger partial charge in [-0.3, -0.25) is 19.2 Å². The number of carbonyl (C=O) groups excluding carboxylic acids is 4. The van der Waals surface area contributed by atoms with Crippen molar-refractivity contribution in [1.29, 1.82) is 0 Å². The number of phenolic OH excluding ortho intramolecular Hbond substituents is 1. The fourth-order valence-corrected chi connectivity index (χ4v) is 5.54. The molecule has 2 heterocycles. The van der Waals surface area contributed by atoms with E-state index >= 15 is 0 Å². The summed E-state index contributed by atoms with van der Waals surface area (Å²) in [6.07, 6.45) is 4.09. The number of carbonyl (C=O) groups is 5. The lowest BCUT2D eigenvalue weighted by Crippen LogP contribution is -2.59. The molecule has 4 amide bonds. The summed E-state index contributed by atoms with van der Waals surface area (Å²) in [5.74, 6) is -3.35. The van der Waals surface area contributed by atoms with Gasteiger partial charge in [-0.15, -0.1) is 0 Å². The number of carboxylic acids is 1. The molecule has 238 valence electrons. The van der Waals surface area contributed by atoms with E-state index in [9.17, 15) is 34.2 Å². The van der Waals surface area contributed by atoms with Crippen LogP contribution in [0.2, 0.25) is 0 Å². The van der Waals surface area contributed by atoms with Crippen LogP contribution in [0.25, 0.3) is 0 Å². The first-order valence-electron chi connectivity index (χ1n) is 15.2. The molecule has 5 atom stereocenters. The standard InChI is InChI=1S/C30H46N6O7/c1-18(2)25(35-27(39)24-9-6-16-36(24)29(41)21-8-5-15-32-21)28(40)34-23(17-19-10-12-20(37)13-11-19)26(38)33-22(30(42)43)7-3-4-14-31/h10-13,18,21-25,32,37H,3-9,14-17,31H2,1-2H3,(H,33,38)(H,34,40)(H,35,39)(H,42,43)/t21-,22-,23-,24-,25-/m0/s1. The Morgan fingerprint density at radius 3 is 2.28 bits per heavy atom. The Hall–Kier alpha value is -3.71. The lowest BCUT2D eigenvalue weighted by Gasteiger charge is -2.30. The number of benzene rings is 1. The van der Waals surface area contributed by atoms with Crippen molar-refractivity contribution >= 4 is 29.6 Å². The number of nitrogens with two attached hydrogens (primary N) is 1. The van der Waals surface area contributed by atoms with E-state index in [-0.39, 0.29) is 36.5 Å². The van der Waals surface area contributed by atoms with E-state index in [4.69, 9.17) is 5.73 Å². The maximum absolute atomic E-state index is 13.6. The molecule has 1 aromatic rings. The minimum Gasteiger partial charge on any atom is -0.508 e. The van der Waals surface area contributed by atoms with Gasteiger partial charge in [0.2, 0.25) is 23.6 Å². The third-order valence-corrected chi connectivity index (χ3v) is 8.01. The van der Waals surface area contributed by atoms with Crippen LogP contribution in [-0.4, -0.2) is 94.6 Å². The Morgan fingerprint density at radius 1 is 0.977 bits per heavy atom. The molecular weight excluding hydrogens is 556 g/mol. The number of amides is 4. The molecule has 1 aromatic carbocycles. The Balaban J connectivity index is 1.74. The number of likely N-dealkylation sites (tertiary alicyclic amines) is 1. The number of rotatable bonds is 15. The lowest BCUT2D eigenvalue weighted by atomic mass is 10.00. The first-order chi connectivity index (χ1) is 20.5. The summed E-state index contributed by atoms with van der Waals surface area (Å²) >= 11 is 0. The molecule has 13 nitrogen and oxygen atoms in total. The molecular formula is C30H46N6O7. The van der Waals surface area contributed by atoms with E-state index in [1.807, 2.05) is 0 Å². The number of phenols is 1. The Kier molecular flexibility index (Phi) is 12.7. The van der Waals surface area contributed by atoms with E-state index in [1.165, 1.54) is 12.1 Å².